The van der Waals surface area contributed by atoms with Crippen LogP contribution in [-0.2, 0) is 0 Å². The Bertz CT molecular complexity index is 972. The van der Waals surface area contributed by atoms with Gasteiger partial charge in [-0.15, -0.1) is 11.8 Å². The summed E-state index contributed by atoms with van der Waals surface area (Å²) in [7, 11) is 0. The highest BCUT2D eigenvalue weighted by atomic mass is 32.2. The molecule has 0 bridgehead atoms. The number of rotatable bonds is 4. The van der Waals surface area contributed by atoms with Gasteiger partial charge in [-0.25, -0.2) is 9.37 Å². The number of amides is 1. The molecule has 1 aliphatic heterocycles. The summed E-state index contributed by atoms with van der Waals surface area (Å²) in [5, 5.41) is 3.84. The predicted octanol–water partition coefficient (Wildman–Crippen LogP) is 4.70. The highest BCUT2D eigenvalue weighted by Crippen LogP contribution is 2.36. The fraction of sp³-hybridized carbons (Fsp3) is 0.200. The number of hydrogen-bond acceptors (Lipinski definition) is 4. The Labute approximate surface area is 165 Å². The zero-order valence-corrected chi connectivity index (χ0v) is 16.3. The summed E-state index contributed by atoms with van der Waals surface area (Å²) in [6.45, 7) is 0. The van der Waals surface area contributed by atoms with Crippen LogP contribution in [0.25, 0.3) is 5.69 Å². The van der Waals surface area contributed by atoms with Gasteiger partial charge in [0.05, 0.1) is 12.2 Å². The number of nitrogens with one attached hydrogen (secondary N) is 1. The highest BCUT2D eigenvalue weighted by molar-refractivity contribution is 7.99. The summed E-state index contributed by atoms with van der Waals surface area (Å²) in [5.74, 6) is 0.473. The molecule has 1 atom stereocenters. The third-order valence-electron chi connectivity index (χ3n) is 4.49. The summed E-state index contributed by atoms with van der Waals surface area (Å²) in [6, 6.07) is 14.2. The van der Waals surface area contributed by atoms with E-state index in [0.29, 0.717) is 16.5 Å². The van der Waals surface area contributed by atoms with Gasteiger partial charge in [0, 0.05) is 16.3 Å². The molecular weight excluding hydrogens is 381 g/mol. The van der Waals surface area contributed by atoms with Crippen molar-refractivity contribution in [3.63, 3.8) is 0 Å². The molecule has 2 heterocycles. The fourth-order valence-electron chi connectivity index (χ4n) is 3.20. The fourth-order valence-corrected chi connectivity index (χ4v) is 4.87. The first-order chi connectivity index (χ1) is 13.2. The van der Waals surface area contributed by atoms with E-state index >= 15 is 0 Å². The Morgan fingerprint density at radius 1 is 1.26 bits per heavy atom. The van der Waals surface area contributed by atoms with E-state index in [1.54, 1.807) is 22.9 Å². The molecule has 0 radical (unpaired) electrons. The lowest BCUT2D eigenvalue weighted by atomic mass is 10.0. The van der Waals surface area contributed by atoms with E-state index in [1.165, 1.54) is 28.8 Å². The molecule has 7 heteroatoms. The van der Waals surface area contributed by atoms with Gasteiger partial charge in [0.1, 0.15) is 11.5 Å². The number of carbonyl (C=O) groups is 1. The van der Waals surface area contributed by atoms with Crippen molar-refractivity contribution >= 4 is 29.4 Å². The van der Waals surface area contributed by atoms with Crippen LogP contribution in [0, 0.1) is 5.82 Å². The average molecular weight is 400 g/mol. The molecule has 0 aliphatic carbocycles. The quantitative estimate of drug-likeness (QED) is 0.646. The largest absolute Gasteiger partial charge is 0.344 e. The van der Waals surface area contributed by atoms with Crippen molar-refractivity contribution in [1.82, 2.24) is 14.9 Å². The van der Waals surface area contributed by atoms with Crippen LogP contribution in [0.3, 0.4) is 0 Å². The van der Waals surface area contributed by atoms with E-state index in [2.05, 4.69) is 22.4 Å². The molecule has 0 saturated heterocycles. The smallest absolute Gasteiger partial charge is 0.270 e. The third-order valence-corrected chi connectivity index (χ3v) is 6.27. The molecule has 0 saturated carbocycles. The molecular formula is C20H18FN3OS2. The van der Waals surface area contributed by atoms with Crippen molar-refractivity contribution in [3.8, 4) is 5.69 Å². The van der Waals surface area contributed by atoms with Gasteiger partial charge in [0.2, 0.25) is 0 Å². The predicted molar refractivity (Wildman–Crippen MR) is 107 cm³/mol. The molecule has 1 aromatic heterocycles. The summed E-state index contributed by atoms with van der Waals surface area (Å²) >= 11 is 3.26. The van der Waals surface area contributed by atoms with E-state index in [-0.39, 0.29) is 17.8 Å². The number of halogens is 1. The first-order valence-electron chi connectivity index (χ1n) is 8.57. The number of thioether (sulfide) groups is 2. The van der Waals surface area contributed by atoms with E-state index < -0.39 is 0 Å². The van der Waals surface area contributed by atoms with Crippen LogP contribution in [0.1, 0.15) is 28.5 Å². The Kier molecular flexibility index (Phi) is 5.22. The van der Waals surface area contributed by atoms with Crippen LogP contribution in [0.2, 0.25) is 0 Å². The molecule has 4 rings (SSSR count). The molecule has 4 nitrogen and oxygen atoms in total. The van der Waals surface area contributed by atoms with E-state index in [4.69, 9.17) is 0 Å². The van der Waals surface area contributed by atoms with Crippen LogP contribution < -0.4 is 5.32 Å². The van der Waals surface area contributed by atoms with Crippen LogP contribution in [0.5, 0.6) is 0 Å². The highest BCUT2D eigenvalue weighted by Gasteiger charge is 2.25. The normalized spacial score (nSPS) is 16.0. The maximum absolute atomic E-state index is 13.3. The van der Waals surface area contributed by atoms with Gasteiger partial charge in [0.25, 0.3) is 5.91 Å². The Morgan fingerprint density at radius 2 is 2.04 bits per heavy atom. The van der Waals surface area contributed by atoms with Crippen LogP contribution in [0.4, 0.5) is 4.39 Å². The molecule has 0 fully saturated rings. The third kappa shape index (κ3) is 3.61. The topological polar surface area (TPSA) is 46.9 Å². The van der Waals surface area contributed by atoms with Gasteiger partial charge >= 0.3 is 0 Å². The zero-order chi connectivity index (χ0) is 18.8. The van der Waals surface area contributed by atoms with Crippen molar-refractivity contribution < 1.29 is 9.18 Å². The standard InChI is InChI=1S/C20H18FN3OS2/c1-26-20-22-12-17(24(20)14-8-6-13(21)7-9-14)19(25)23-16-10-11-27-18-5-3-2-4-15(16)18/h2-9,12,16H,10-11H2,1H3,(H,23,25)/t16-/m1/s1. The van der Waals surface area contributed by atoms with Gasteiger partial charge in [-0.2, -0.15) is 0 Å². The van der Waals surface area contributed by atoms with E-state index in [9.17, 15) is 9.18 Å². The first kappa shape index (κ1) is 18.1. The maximum Gasteiger partial charge on any atom is 0.270 e. The van der Waals surface area contributed by atoms with Crippen LogP contribution in [-0.4, -0.2) is 27.5 Å². The van der Waals surface area contributed by atoms with Gasteiger partial charge < -0.3 is 5.32 Å². The minimum absolute atomic E-state index is 0.0238. The lowest BCUT2D eigenvalue weighted by Gasteiger charge is -2.26. The minimum atomic E-state index is -0.313. The average Bonchev–Trinajstić information content (AvgIpc) is 3.13. The van der Waals surface area contributed by atoms with Crippen molar-refractivity contribution in [1.29, 1.82) is 0 Å². The monoisotopic (exact) mass is 399 g/mol. The molecule has 0 unspecified atom stereocenters. The van der Waals surface area contributed by atoms with Crippen molar-refractivity contribution in [3.05, 3.63) is 71.8 Å². The zero-order valence-electron chi connectivity index (χ0n) is 14.7. The van der Waals surface area contributed by atoms with E-state index in [1.807, 2.05) is 30.2 Å². The molecule has 0 spiro atoms. The minimum Gasteiger partial charge on any atom is -0.344 e. The Morgan fingerprint density at radius 3 is 2.81 bits per heavy atom. The van der Waals surface area contributed by atoms with Crippen molar-refractivity contribution in [2.45, 2.75) is 22.5 Å². The summed E-state index contributed by atoms with van der Waals surface area (Å²) in [4.78, 5) is 18.6. The molecule has 27 heavy (non-hydrogen) atoms. The molecule has 1 N–H and O–H groups in total. The number of hydrogen-bond donors (Lipinski definition) is 1. The first-order valence-corrected chi connectivity index (χ1v) is 10.8. The number of nitrogens with zero attached hydrogens (tertiary/aromatic N) is 2. The molecule has 1 aliphatic rings. The van der Waals surface area contributed by atoms with Gasteiger partial charge in [-0.3, -0.25) is 9.36 Å². The van der Waals surface area contributed by atoms with E-state index in [0.717, 1.165) is 17.7 Å². The summed E-state index contributed by atoms with van der Waals surface area (Å²) in [6.07, 6.45) is 4.36. The second kappa shape index (κ2) is 7.78. The second-order valence-corrected chi connectivity index (χ2v) is 8.05. The number of aromatic nitrogens is 2. The summed E-state index contributed by atoms with van der Waals surface area (Å²) < 4.78 is 15.1. The molecule has 1 amide bonds. The van der Waals surface area contributed by atoms with Crippen molar-refractivity contribution in [2.24, 2.45) is 0 Å². The van der Waals surface area contributed by atoms with Crippen LogP contribution >= 0.6 is 23.5 Å². The number of benzene rings is 2. The second-order valence-electron chi connectivity index (χ2n) is 6.14. The SMILES string of the molecule is CSc1ncc(C(=O)N[C@@H]2CCSc3ccccc32)n1-c1ccc(F)cc1. The molecule has 3 aromatic rings. The van der Waals surface area contributed by atoms with Gasteiger partial charge in [-0.1, -0.05) is 30.0 Å². The van der Waals surface area contributed by atoms with Gasteiger partial charge in [-0.05, 0) is 48.6 Å². The van der Waals surface area contributed by atoms with Crippen LogP contribution in [0.15, 0.2) is 64.8 Å². The van der Waals surface area contributed by atoms with Crippen molar-refractivity contribution in [2.75, 3.05) is 12.0 Å². The maximum atomic E-state index is 13.3. The lowest BCUT2D eigenvalue weighted by molar-refractivity contribution is 0.0927. The lowest BCUT2D eigenvalue weighted by Crippen LogP contribution is -2.32. The number of fused-ring (bicyclic) bond motifs is 1. The molecule has 138 valence electrons. The summed E-state index contributed by atoms with van der Waals surface area (Å²) in [5.41, 5.74) is 2.31. The number of carbonyl (C=O) groups excluding carboxylic acids is 1. The number of imidazole rings is 1. The van der Waals surface area contributed by atoms with Gasteiger partial charge in [0.15, 0.2) is 5.16 Å². The Balaban J connectivity index is 1.65. The Hall–Kier alpha value is -2.25. The molecule has 2 aromatic carbocycles.